The lowest BCUT2D eigenvalue weighted by Gasteiger charge is -2.12. The van der Waals surface area contributed by atoms with E-state index in [1.807, 2.05) is 0 Å². The van der Waals surface area contributed by atoms with Crippen LogP contribution in [0.4, 0.5) is 4.39 Å². The Morgan fingerprint density at radius 2 is 1.71 bits per heavy atom. The molecule has 0 aliphatic carbocycles. The third kappa shape index (κ3) is 6.18. The second kappa shape index (κ2) is 10.1. The highest BCUT2D eigenvalue weighted by molar-refractivity contribution is 7.99. The van der Waals surface area contributed by atoms with Crippen LogP contribution in [0.3, 0.4) is 0 Å². The molecule has 1 heterocycles. The van der Waals surface area contributed by atoms with Crippen LogP contribution in [0.5, 0.6) is 11.5 Å². The SMILES string of the molecule is C[C@H](Oc1ccc(F)cc1)c1nnc(SCCOc2ccc(S(=O)(=O)N(C)C)cc2)o1. The Bertz CT molecular complexity index is 1090. The van der Waals surface area contributed by atoms with Crippen LogP contribution in [0.25, 0.3) is 0 Å². The average Bonchev–Trinajstić information content (AvgIpc) is 3.22. The van der Waals surface area contributed by atoms with E-state index in [1.165, 1.54) is 62.3 Å². The molecule has 0 saturated carbocycles. The number of aromatic nitrogens is 2. The predicted octanol–water partition coefficient (Wildman–Crippen LogP) is 3.77. The van der Waals surface area contributed by atoms with Gasteiger partial charge in [-0.05, 0) is 55.5 Å². The summed E-state index contributed by atoms with van der Waals surface area (Å²) in [5.74, 6) is 1.58. The van der Waals surface area contributed by atoms with Gasteiger partial charge >= 0.3 is 0 Å². The molecule has 0 spiro atoms. The van der Waals surface area contributed by atoms with Gasteiger partial charge in [0, 0.05) is 19.8 Å². The van der Waals surface area contributed by atoms with E-state index < -0.39 is 16.1 Å². The highest BCUT2D eigenvalue weighted by Crippen LogP contribution is 2.24. The molecule has 8 nitrogen and oxygen atoms in total. The molecule has 0 saturated heterocycles. The minimum absolute atomic E-state index is 0.203. The van der Waals surface area contributed by atoms with Crippen molar-refractivity contribution < 1.29 is 26.7 Å². The second-order valence-electron chi connectivity index (χ2n) is 6.58. The van der Waals surface area contributed by atoms with Gasteiger partial charge in [0.15, 0.2) is 6.10 Å². The molecule has 1 aromatic heterocycles. The lowest BCUT2D eigenvalue weighted by molar-refractivity contribution is 0.181. The van der Waals surface area contributed by atoms with E-state index in [9.17, 15) is 12.8 Å². The maximum atomic E-state index is 13.0. The number of ether oxygens (including phenoxy) is 2. The molecule has 0 aliphatic heterocycles. The van der Waals surface area contributed by atoms with Crippen molar-refractivity contribution in [2.45, 2.75) is 23.1 Å². The molecule has 1 atom stereocenters. The van der Waals surface area contributed by atoms with Gasteiger partial charge in [0.1, 0.15) is 17.3 Å². The number of hydrogen-bond acceptors (Lipinski definition) is 8. The number of nitrogens with zero attached hydrogens (tertiary/aromatic N) is 3. The quantitative estimate of drug-likeness (QED) is 0.329. The maximum Gasteiger partial charge on any atom is 0.276 e. The van der Waals surface area contributed by atoms with E-state index in [4.69, 9.17) is 13.9 Å². The third-order valence-corrected chi connectivity index (χ3v) is 6.69. The Morgan fingerprint density at radius 3 is 2.35 bits per heavy atom. The van der Waals surface area contributed by atoms with Gasteiger partial charge in [-0.1, -0.05) is 11.8 Å². The van der Waals surface area contributed by atoms with Crippen molar-refractivity contribution in [3.05, 3.63) is 60.2 Å². The van der Waals surface area contributed by atoms with Gasteiger partial charge in [-0.15, -0.1) is 10.2 Å². The molecule has 0 radical (unpaired) electrons. The van der Waals surface area contributed by atoms with Gasteiger partial charge in [0.2, 0.25) is 10.0 Å². The van der Waals surface area contributed by atoms with Crippen molar-refractivity contribution in [3.8, 4) is 11.5 Å². The van der Waals surface area contributed by atoms with Crippen molar-refractivity contribution in [2.24, 2.45) is 0 Å². The Balaban J connectivity index is 1.45. The van der Waals surface area contributed by atoms with Gasteiger partial charge in [-0.25, -0.2) is 17.1 Å². The maximum absolute atomic E-state index is 13.0. The molecule has 0 aliphatic rings. The minimum Gasteiger partial charge on any atom is -0.493 e. The van der Waals surface area contributed by atoms with Crippen molar-refractivity contribution in [3.63, 3.8) is 0 Å². The summed E-state index contributed by atoms with van der Waals surface area (Å²) in [4.78, 5) is 0.203. The number of sulfonamides is 1. The first-order valence-corrected chi connectivity index (χ1v) is 11.7. The number of halogens is 1. The standard InChI is InChI=1S/C20H22FN3O5S2/c1-14(28-17-6-4-15(21)5-7-17)19-22-23-20(29-19)30-13-12-27-16-8-10-18(11-9-16)31(25,26)24(2)3/h4-11,14H,12-13H2,1-3H3/t14-/m0/s1. The third-order valence-electron chi connectivity index (χ3n) is 4.08. The van der Waals surface area contributed by atoms with Gasteiger partial charge in [0.05, 0.1) is 11.5 Å². The minimum atomic E-state index is -3.46. The van der Waals surface area contributed by atoms with Gasteiger partial charge in [0.25, 0.3) is 11.1 Å². The van der Waals surface area contributed by atoms with Crippen LogP contribution in [0, 0.1) is 5.82 Å². The van der Waals surface area contributed by atoms with Crippen molar-refractivity contribution in [1.82, 2.24) is 14.5 Å². The summed E-state index contributed by atoms with van der Waals surface area (Å²) in [7, 11) is -0.499. The second-order valence-corrected chi connectivity index (χ2v) is 9.77. The van der Waals surface area contributed by atoms with E-state index in [0.717, 1.165) is 4.31 Å². The van der Waals surface area contributed by atoms with Crippen molar-refractivity contribution in [2.75, 3.05) is 26.5 Å². The van der Waals surface area contributed by atoms with Gasteiger partial charge in [-0.3, -0.25) is 0 Å². The van der Waals surface area contributed by atoms with Crippen LogP contribution in [-0.2, 0) is 10.0 Å². The summed E-state index contributed by atoms with van der Waals surface area (Å²) in [5.41, 5.74) is 0. The van der Waals surface area contributed by atoms with Crippen LogP contribution >= 0.6 is 11.8 Å². The molecule has 0 fully saturated rings. The molecular weight excluding hydrogens is 445 g/mol. The van der Waals surface area contributed by atoms with Crippen LogP contribution < -0.4 is 9.47 Å². The topological polar surface area (TPSA) is 94.8 Å². The lowest BCUT2D eigenvalue weighted by Crippen LogP contribution is -2.22. The van der Waals surface area contributed by atoms with E-state index in [1.54, 1.807) is 19.1 Å². The average molecular weight is 468 g/mol. The van der Waals surface area contributed by atoms with Crippen LogP contribution in [-0.4, -0.2) is 49.4 Å². The molecule has 3 aromatic rings. The fraction of sp³-hybridized carbons (Fsp3) is 0.300. The molecule has 2 aromatic carbocycles. The monoisotopic (exact) mass is 467 g/mol. The van der Waals surface area contributed by atoms with E-state index in [0.29, 0.717) is 35.0 Å². The molecule has 3 rings (SSSR count). The first-order chi connectivity index (χ1) is 14.8. The van der Waals surface area contributed by atoms with Gasteiger partial charge in [-0.2, -0.15) is 0 Å². The highest BCUT2D eigenvalue weighted by Gasteiger charge is 2.17. The molecule has 0 amide bonds. The summed E-state index contributed by atoms with van der Waals surface area (Å²) >= 11 is 1.32. The first kappa shape index (κ1) is 23.0. The van der Waals surface area contributed by atoms with Gasteiger partial charge < -0.3 is 13.9 Å². The Morgan fingerprint density at radius 1 is 1.06 bits per heavy atom. The Hall–Kier alpha value is -2.63. The first-order valence-electron chi connectivity index (χ1n) is 9.29. The molecule has 0 bridgehead atoms. The normalized spacial score (nSPS) is 12.7. The van der Waals surface area contributed by atoms with Crippen molar-refractivity contribution in [1.29, 1.82) is 0 Å². The zero-order valence-corrected chi connectivity index (χ0v) is 18.8. The number of benzene rings is 2. The predicted molar refractivity (Wildman–Crippen MR) is 113 cm³/mol. The van der Waals surface area contributed by atoms with E-state index in [2.05, 4.69) is 10.2 Å². The fourth-order valence-corrected chi connectivity index (χ4v) is 3.90. The van der Waals surface area contributed by atoms with Crippen molar-refractivity contribution >= 4 is 21.8 Å². The lowest BCUT2D eigenvalue weighted by atomic mass is 10.3. The molecule has 166 valence electrons. The molecule has 31 heavy (non-hydrogen) atoms. The molecule has 0 N–H and O–H groups in total. The van der Waals surface area contributed by atoms with Crippen LogP contribution in [0.15, 0.2) is 63.1 Å². The molecule has 11 heteroatoms. The Kier molecular flexibility index (Phi) is 7.52. The summed E-state index contributed by atoms with van der Waals surface area (Å²) < 4.78 is 55.1. The number of thioether (sulfide) groups is 1. The fourth-order valence-electron chi connectivity index (χ4n) is 2.42. The molecular formula is C20H22FN3O5S2. The number of rotatable bonds is 10. The summed E-state index contributed by atoms with van der Waals surface area (Å²) in [6.07, 6.45) is -0.486. The van der Waals surface area contributed by atoms with E-state index >= 15 is 0 Å². The van der Waals surface area contributed by atoms with Crippen LogP contribution in [0.1, 0.15) is 18.9 Å². The number of hydrogen-bond donors (Lipinski definition) is 0. The van der Waals surface area contributed by atoms with E-state index in [-0.39, 0.29) is 10.7 Å². The largest absolute Gasteiger partial charge is 0.493 e. The summed E-state index contributed by atoms with van der Waals surface area (Å²) in [6, 6.07) is 11.9. The highest BCUT2D eigenvalue weighted by atomic mass is 32.2. The van der Waals surface area contributed by atoms with Crippen LogP contribution in [0.2, 0.25) is 0 Å². The smallest absolute Gasteiger partial charge is 0.276 e. The zero-order chi connectivity index (χ0) is 22.4. The molecule has 0 unspecified atom stereocenters. The zero-order valence-electron chi connectivity index (χ0n) is 17.2. The summed E-state index contributed by atoms with van der Waals surface area (Å²) in [6.45, 7) is 2.12. The Labute approximate surface area is 184 Å². The summed E-state index contributed by atoms with van der Waals surface area (Å²) in [5, 5.41) is 8.32.